The number of aromatic nitrogens is 8. The Bertz CT molecular complexity index is 1530. The van der Waals surface area contributed by atoms with Gasteiger partial charge in [0.2, 0.25) is 0 Å². The molecule has 0 atom stereocenters. The molecule has 0 amide bonds. The van der Waals surface area contributed by atoms with Crippen molar-refractivity contribution >= 4 is 33.4 Å². The number of hydrogen-bond donors (Lipinski definition) is 3. The lowest BCUT2D eigenvalue weighted by Crippen LogP contribution is -2.56. The summed E-state index contributed by atoms with van der Waals surface area (Å²) in [7, 11) is 0. The topological polar surface area (TPSA) is 141 Å². The Labute approximate surface area is 200 Å². The van der Waals surface area contributed by atoms with Gasteiger partial charge in [0.15, 0.2) is 5.82 Å². The van der Waals surface area contributed by atoms with Crippen molar-refractivity contribution in [2.75, 3.05) is 36.0 Å². The van der Waals surface area contributed by atoms with Crippen molar-refractivity contribution in [2.45, 2.75) is 25.3 Å². The Morgan fingerprint density at radius 2 is 1.71 bits per heavy atom. The molecule has 0 aromatic carbocycles. The largest absolute Gasteiger partial charge is 0.368 e. The highest BCUT2D eigenvalue weighted by molar-refractivity contribution is 5.96. The van der Waals surface area contributed by atoms with Gasteiger partial charge in [-0.25, -0.2) is 9.97 Å². The molecule has 0 saturated carbocycles. The first kappa shape index (κ1) is 20.3. The zero-order valence-electron chi connectivity index (χ0n) is 19.1. The van der Waals surface area contributed by atoms with Crippen molar-refractivity contribution in [1.29, 1.82) is 0 Å². The van der Waals surface area contributed by atoms with Gasteiger partial charge in [-0.15, -0.1) is 0 Å². The van der Waals surface area contributed by atoms with Gasteiger partial charge in [0.25, 0.3) is 0 Å². The molecular weight excluding hydrogens is 442 g/mol. The van der Waals surface area contributed by atoms with E-state index in [1.807, 2.05) is 18.5 Å². The van der Waals surface area contributed by atoms with Crippen molar-refractivity contribution in [1.82, 2.24) is 40.1 Å². The standard InChI is InChI=1S/C24H25N11/c25-14-12-35(13-14)21-11-27-7-18(29-21)16-6-15-17(9-28-16)32-33-22(15)24-30-19-8-26-10-20(23(19)31-24)34-4-2-1-3-5-34/h6-11,14H,1-5,12-13,25H2,(H,30,31)(H,32,33). The zero-order valence-corrected chi connectivity index (χ0v) is 19.1. The Morgan fingerprint density at radius 1 is 0.857 bits per heavy atom. The van der Waals surface area contributed by atoms with Gasteiger partial charge in [-0.1, -0.05) is 0 Å². The summed E-state index contributed by atoms with van der Waals surface area (Å²) in [5.74, 6) is 1.51. The number of piperidine rings is 1. The van der Waals surface area contributed by atoms with Crippen LogP contribution >= 0.6 is 0 Å². The van der Waals surface area contributed by atoms with Crippen LogP contribution in [0.2, 0.25) is 0 Å². The third kappa shape index (κ3) is 3.46. The molecule has 2 aliphatic heterocycles. The number of anilines is 2. The van der Waals surface area contributed by atoms with E-state index < -0.39 is 0 Å². The summed E-state index contributed by atoms with van der Waals surface area (Å²) < 4.78 is 0. The van der Waals surface area contributed by atoms with E-state index in [4.69, 9.17) is 15.7 Å². The Hall–Kier alpha value is -4.12. The molecule has 2 fully saturated rings. The molecule has 2 saturated heterocycles. The first-order chi connectivity index (χ1) is 17.2. The molecule has 11 nitrogen and oxygen atoms in total. The first-order valence-electron chi connectivity index (χ1n) is 12.0. The second-order valence-electron chi connectivity index (χ2n) is 9.30. The molecular formula is C24H25N11. The maximum atomic E-state index is 5.93. The minimum atomic E-state index is 0.192. The van der Waals surface area contributed by atoms with Crippen LogP contribution < -0.4 is 15.5 Å². The number of imidazole rings is 1. The van der Waals surface area contributed by atoms with Gasteiger partial charge in [-0.3, -0.25) is 20.1 Å². The highest BCUT2D eigenvalue weighted by atomic mass is 15.3. The number of pyridine rings is 2. The second kappa shape index (κ2) is 7.98. The molecule has 0 bridgehead atoms. The first-order valence-corrected chi connectivity index (χ1v) is 12.0. The van der Waals surface area contributed by atoms with Gasteiger partial charge < -0.3 is 20.5 Å². The zero-order chi connectivity index (χ0) is 23.4. The number of rotatable bonds is 4. The smallest absolute Gasteiger partial charge is 0.159 e. The number of aromatic amines is 2. The summed E-state index contributed by atoms with van der Waals surface area (Å²) >= 11 is 0. The number of nitrogens with zero attached hydrogens (tertiary/aromatic N) is 8. The summed E-state index contributed by atoms with van der Waals surface area (Å²) in [5, 5.41) is 8.56. The minimum Gasteiger partial charge on any atom is -0.368 e. The maximum Gasteiger partial charge on any atom is 0.159 e. The fraction of sp³-hybridized carbons (Fsp3) is 0.333. The van der Waals surface area contributed by atoms with Crippen LogP contribution in [0.25, 0.3) is 44.8 Å². The predicted molar refractivity (Wildman–Crippen MR) is 134 cm³/mol. The van der Waals surface area contributed by atoms with Gasteiger partial charge in [-0.2, -0.15) is 5.10 Å². The molecule has 35 heavy (non-hydrogen) atoms. The van der Waals surface area contributed by atoms with Crippen LogP contribution in [0.15, 0.2) is 37.1 Å². The number of H-pyrrole nitrogens is 2. The molecule has 4 N–H and O–H groups in total. The fourth-order valence-corrected chi connectivity index (χ4v) is 4.97. The van der Waals surface area contributed by atoms with Crippen molar-refractivity contribution in [3.8, 4) is 22.9 Å². The maximum absolute atomic E-state index is 5.93. The highest BCUT2D eigenvalue weighted by Gasteiger charge is 2.25. The van der Waals surface area contributed by atoms with E-state index in [0.29, 0.717) is 11.5 Å². The number of nitrogens with two attached hydrogens (primary N) is 1. The Balaban J connectivity index is 1.28. The molecule has 0 spiro atoms. The van der Waals surface area contributed by atoms with E-state index in [2.05, 4.69) is 39.9 Å². The quantitative estimate of drug-likeness (QED) is 0.363. The average Bonchev–Trinajstić information content (AvgIpc) is 3.51. The Morgan fingerprint density at radius 3 is 2.57 bits per heavy atom. The normalized spacial score (nSPS) is 16.8. The molecule has 2 aliphatic rings. The van der Waals surface area contributed by atoms with E-state index in [0.717, 1.165) is 71.0 Å². The number of fused-ring (bicyclic) bond motifs is 2. The summed E-state index contributed by atoms with van der Waals surface area (Å²) in [6, 6.07) is 2.18. The molecule has 5 aromatic rings. The van der Waals surface area contributed by atoms with Crippen LogP contribution in [-0.4, -0.2) is 72.3 Å². The van der Waals surface area contributed by atoms with E-state index in [-0.39, 0.29) is 6.04 Å². The van der Waals surface area contributed by atoms with Crippen LogP contribution in [0.1, 0.15) is 19.3 Å². The Kier molecular flexibility index (Phi) is 4.62. The van der Waals surface area contributed by atoms with Gasteiger partial charge >= 0.3 is 0 Å². The lowest BCUT2D eigenvalue weighted by atomic mass is 10.1. The van der Waals surface area contributed by atoms with Crippen LogP contribution in [0.4, 0.5) is 11.5 Å². The molecule has 0 aliphatic carbocycles. The molecule has 176 valence electrons. The van der Waals surface area contributed by atoms with Gasteiger partial charge in [-0.05, 0) is 25.3 Å². The fourth-order valence-electron chi connectivity index (χ4n) is 4.97. The van der Waals surface area contributed by atoms with Gasteiger partial charge in [0.1, 0.15) is 22.7 Å². The monoisotopic (exact) mass is 467 g/mol. The molecule has 11 heteroatoms. The van der Waals surface area contributed by atoms with Gasteiger partial charge in [0, 0.05) is 37.6 Å². The summed E-state index contributed by atoms with van der Waals surface area (Å²) in [6.45, 7) is 3.65. The molecule has 0 unspecified atom stereocenters. The summed E-state index contributed by atoms with van der Waals surface area (Å²) in [6.07, 6.45) is 12.7. The van der Waals surface area contributed by atoms with Crippen molar-refractivity contribution in [3.63, 3.8) is 0 Å². The van der Waals surface area contributed by atoms with Crippen LogP contribution in [0.3, 0.4) is 0 Å². The van der Waals surface area contributed by atoms with Crippen molar-refractivity contribution in [2.24, 2.45) is 5.73 Å². The molecule has 5 aromatic heterocycles. The van der Waals surface area contributed by atoms with Crippen LogP contribution in [0, 0.1) is 0 Å². The van der Waals surface area contributed by atoms with E-state index >= 15 is 0 Å². The molecule has 7 heterocycles. The molecule has 0 radical (unpaired) electrons. The van der Waals surface area contributed by atoms with E-state index in [1.165, 1.54) is 19.3 Å². The van der Waals surface area contributed by atoms with Crippen molar-refractivity contribution in [3.05, 3.63) is 37.1 Å². The highest BCUT2D eigenvalue weighted by Crippen LogP contribution is 2.32. The van der Waals surface area contributed by atoms with Gasteiger partial charge in [0.05, 0.1) is 53.4 Å². The van der Waals surface area contributed by atoms with E-state index in [1.54, 1.807) is 18.6 Å². The summed E-state index contributed by atoms with van der Waals surface area (Å²) in [4.78, 5) is 31.1. The number of nitrogens with one attached hydrogen (secondary N) is 2. The third-order valence-electron chi connectivity index (χ3n) is 6.86. The number of hydrogen-bond acceptors (Lipinski definition) is 9. The minimum absolute atomic E-state index is 0.192. The lowest BCUT2D eigenvalue weighted by Gasteiger charge is -2.37. The summed E-state index contributed by atoms with van der Waals surface area (Å²) in [5.41, 5.74) is 11.8. The molecule has 7 rings (SSSR count). The second-order valence-corrected chi connectivity index (χ2v) is 9.30. The third-order valence-corrected chi connectivity index (χ3v) is 6.86. The van der Waals surface area contributed by atoms with E-state index in [9.17, 15) is 0 Å². The van der Waals surface area contributed by atoms with Crippen LogP contribution in [-0.2, 0) is 0 Å². The predicted octanol–water partition coefficient (Wildman–Crippen LogP) is 2.49. The van der Waals surface area contributed by atoms with Crippen LogP contribution in [0.5, 0.6) is 0 Å². The average molecular weight is 468 g/mol. The lowest BCUT2D eigenvalue weighted by molar-refractivity contribution is 0.514. The van der Waals surface area contributed by atoms with Crippen molar-refractivity contribution < 1.29 is 0 Å². The SMILES string of the molecule is NC1CN(c2cncc(-c3cc4c(-c5nc6c(N7CCCCC7)cncc6[nH]5)n[nH]c4cn3)n2)C1.